The Morgan fingerprint density at radius 3 is 2.57 bits per heavy atom. The van der Waals surface area contributed by atoms with E-state index < -0.39 is 0 Å². The van der Waals surface area contributed by atoms with E-state index in [0.717, 1.165) is 18.1 Å². The molecular formula is C10H20N4. The maximum atomic E-state index is 5.75. The number of H-pyrrole nitrogens is 1. The lowest BCUT2D eigenvalue weighted by atomic mass is 10.0. The van der Waals surface area contributed by atoms with E-state index in [-0.39, 0.29) is 0 Å². The number of anilines is 2. The van der Waals surface area contributed by atoms with E-state index in [0.29, 0.717) is 17.8 Å². The number of hydrogen-bond donors (Lipinski definition) is 3. The first kappa shape index (κ1) is 10.9. The van der Waals surface area contributed by atoms with Gasteiger partial charge >= 0.3 is 0 Å². The molecule has 2 atom stereocenters. The van der Waals surface area contributed by atoms with Gasteiger partial charge in [0.1, 0.15) is 11.6 Å². The molecule has 0 fully saturated rings. The van der Waals surface area contributed by atoms with Crippen LogP contribution >= 0.6 is 0 Å². The number of imidazole rings is 1. The van der Waals surface area contributed by atoms with Gasteiger partial charge in [0.15, 0.2) is 5.82 Å². The van der Waals surface area contributed by atoms with Crippen LogP contribution in [0.1, 0.15) is 33.0 Å². The number of aryl methyl sites for hydroxylation is 1. The summed E-state index contributed by atoms with van der Waals surface area (Å²) in [7, 11) is 0. The van der Waals surface area contributed by atoms with Crippen LogP contribution in [0.2, 0.25) is 0 Å². The van der Waals surface area contributed by atoms with E-state index in [1.807, 2.05) is 6.92 Å². The highest BCUT2D eigenvalue weighted by molar-refractivity contribution is 5.57. The molecule has 0 amide bonds. The molecule has 4 N–H and O–H groups in total. The van der Waals surface area contributed by atoms with Crippen LogP contribution in [0.15, 0.2) is 0 Å². The minimum absolute atomic E-state index is 0.394. The Labute approximate surface area is 85.3 Å². The highest BCUT2D eigenvalue weighted by Crippen LogP contribution is 2.18. The molecule has 0 radical (unpaired) electrons. The first-order valence-corrected chi connectivity index (χ1v) is 5.13. The average Bonchev–Trinajstić information content (AvgIpc) is 2.44. The third kappa shape index (κ3) is 2.40. The van der Waals surface area contributed by atoms with E-state index in [4.69, 9.17) is 5.73 Å². The predicted octanol–water partition coefficient (Wildman–Crippen LogP) is 2.15. The molecule has 4 heteroatoms. The number of aromatic amines is 1. The molecule has 0 spiro atoms. The van der Waals surface area contributed by atoms with Gasteiger partial charge in [0.2, 0.25) is 0 Å². The number of nitrogens with zero attached hydrogens (tertiary/aromatic N) is 1. The number of rotatable bonds is 4. The molecule has 2 unspecified atom stereocenters. The Morgan fingerprint density at radius 2 is 2.14 bits per heavy atom. The van der Waals surface area contributed by atoms with Crippen LogP contribution in [-0.4, -0.2) is 16.0 Å². The molecule has 0 aromatic carbocycles. The summed E-state index contributed by atoms with van der Waals surface area (Å²) >= 11 is 0. The van der Waals surface area contributed by atoms with E-state index in [2.05, 4.69) is 36.1 Å². The number of hydrogen-bond acceptors (Lipinski definition) is 3. The highest BCUT2D eigenvalue weighted by Gasteiger charge is 2.13. The third-order valence-electron chi connectivity index (χ3n) is 2.71. The molecule has 0 bridgehead atoms. The van der Waals surface area contributed by atoms with E-state index in [1.165, 1.54) is 0 Å². The lowest BCUT2D eigenvalue weighted by molar-refractivity contribution is 0.494. The van der Waals surface area contributed by atoms with Crippen LogP contribution in [0.5, 0.6) is 0 Å². The van der Waals surface area contributed by atoms with Crippen LogP contribution in [0, 0.1) is 12.8 Å². The first-order chi connectivity index (χ1) is 6.54. The van der Waals surface area contributed by atoms with Gasteiger partial charge in [-0.05, 0) is 19.8 Å². The largest absolute Gasteiger partial charge is 0.382 e. The summed E-state index contributed by atoms with van der Waals surface area (Å²) in [6.45, 7) is 8.45. The number of nitrogen functional groups attached to an aromatic ring is 1. The molecule has 0 saturated heterocycles. The van der Waals surface area contributed by atoms with Gasteiger partial charge in [-0.15, -0.1) is 0 Å². The summed E-state index contributed by atoms with van der Waals surface area (Å²) in [6.07, 6.45) is 1.15. The van der Waals surface area contributed by atoms with Crippen molar-refractivity contribution in [3.05, 3.63) is 5.82 Å². The van der Waals surface area contributed by atoms with Crippen LogP contribution in [0.4, 0.5) is 11.6 Å². The van der Waals surface area contributed by atoms with Gasteiger partial charge < -0.3 is 16.0 Å². The number of nitrogens with two attached hydrogens (primary N) is 1. The van der Waals surface area contributed by atoms with Gasteiger partial charge in [-0.25, -0.2) is 4.98 Å². The Balaban J connectivity index is 2.64. The topological polar surface area (TPSA) is 66.7 Å². The number of nitrogens with one attached hydrogen (secondary N) is 2. The zero-order valence-electron chi connectivity index (χ0n) is 9.39. The summed E-state index contributed by atoms with van der Waals surface area (Å²) in [6, 6.07) is 0.394. The summed E-state index contributed by atoms with van der Waals surface area (Å²) in [5, 5.41) is 3.31. The van der Waals surface area contributed by atoms with Crippen molar-refractivity contribution >= 4 is 11.6 Å². The van der Waals surface area contributed by atoms with Crippen molar-refractivity contribution in [2.75, 3.05) is 11.1 Å². The fraction of sp³-hybridized carbons (Fsp3) is 0.700. The number of aromatic nitrogens is 2. The maximum Gasteiger partial charge on any atom is 0.168 e. The van der Waals surface area contributed by atoms with E-state index in [1.54, 1.807) is 0 Å². The Kier molecular flexibility index (Phi) is 3.38. The second-order valence-corrected chi connectivity index (χ2v) is 3.90. The summed E-state index contributed by atoms with van der Waals surface area (Å²) in [5.74, 6) is 2.86. The molecule has 4 nitrogen and oxygen atoms in total. The fourth-order valence-electron chi connectivity index (χ4n) is 1.33. The smallest absolute Gasteiger partial charge is 0.168 e. The van der Waals surface area contributed by atoms with Crippen molar-refractivity contribution in [1.82, 2.24) is 9.97 Å². The van der Waals surface area contributed by atoms with E-state index >= 15 is 0 Å². The third-order valence-corrected chi connectivity index (χ3v) is 2.71. The first-order valence-electron chi connectivity index (χ1n) is 5.13. The van der Waals surface area contributed by atoms with Gasteiger partial charge in [-0.3, -0.25) is 0 Å². The average molecular weight is 196 g/mol. The molecule has 14 heavy (non-hydrogen) atoms. The van der Waals surface area contributed by atoms with Crippen molar-refractivity contribution < 1.29 is 0 Å². The highest BCUT2D eigenvalue weighted by atomic mass is 15.1. The van der Waals surface area contributed by atoms with Crippen molar-refractivity contribution in [2.45, 2.75) is 40.2 Å². The molecule has 0 aliphatic carbocycles. The van der Waals surface area contributed by atoms with Gasteiger partial charge in [0, 0.05) is 6.04 Å². The zero-order valence-corrected chi connectivity index (χ0v) is 9.39. The normalized spacial score (nSPS) is 15.1. The minimum Gasteiger partial charge on any atom is -0.382 e. The second kappa shape index (κ2) is 4.35. The van der Waals surface area contributed by atoms with Gasteiger partial charge in [0.05, 0.1) is 0 Å². The lowest BCUT2D eigenvalue weighted by Crippen LogP contribution is -2.23. The predicted molar refractivity (Wildman–Crippen MR) is 60.3 cm³/mol. The van der Waals surface area contributed by atoms with Crippen LogP contribution < -0.4 is 11.1 Å². The summed E-state index contributed by atoms with van der Waals surface area (Å²) in [4.78, 5) is 7.25. The van der Waals surface area contributed by atoms with Crippen molar-refractivity contribution in [2.24, 2.45) is 5.92 Å². The van der Waals surface area contributed by atoms with Gasteiger partial charge in [0.25, 0.3) is 0 Å². The molecule has 1 heterocycles. The SMILES string of the molecule is CCC(C)C(C)Nc1nc(C)[nH]c1N. The molecule has 0 aliphatic heterocycles. The molecule has 1 rings (SSSR count). The van der Waals surface area contributed by atoms with Gasteiger partial charge in [-0.2, -0.15) is 0 Å². The quantitative estimate of drug-likeness (QED) is 0.691. The molecule has 1 aromatic heterocycles. The summed E-state index contributed by atoms with van der Waals surface area (Å²) < 4.78 is 0. The fourth-order valence-corrected chi connectivity index (χ4v) is 1.33. The summed E-state index contributed by atoms with van der Waals surface area (Å²) in [5.41, 5.74) is 5.75. The second-order valence-electron chi connectivity index (χ2n) is 3.90. The minimum atomic E-state index is 0.394. The monoisotopic (exact) mass is 196 g/mol. The van der Waals surface area contributed by atoms with Crippen molar-refractivity contribution in [1.29, 1.82) is 0 Å². The molecule has 1 aromatic rings. The molecular weight excluding hydrogens is 176 g/mol. The van der Waals surface area contributed by atoms with Crippen LogP contribution in [-0.2, 0) is 0 Å². The van der Waals surface area contributed by atoms with Crippen LogP contribution in [0.25, 0.3) is 0 Å². The zero-order chi connectivity index (χ0) is 10.7. The Bertz CT molecular complexity index is 292. The van der Waals surface area contributed by atoms with Crippen molar-refractivity contribution in [3.63, 3.8) is 0 Å². The molecule has 80 valence electrons. The lowest BCUT2D eigenvalue weighted by Gasteiger charge is -2.19. The molecule has 0 aliphatic rings. The van der Waals surface area contributed by atoms with E-state index in [9.17, 15) is 0 Å². The maximum absolute atomic E-state index is 5.75. The van der Waals surface area contributed by atoms with Gasteiger partial charge in [-0.1, -0.05) is 20.3 Å². The standard InChI is InChI=1S/C10H20N4/c1-5-6(2)7(3)12-10-9(11)13-8(4)14-10/h6-7,12H,5,11H2,1-4H3,(H,13,14). The Hall–Kier alpha value is -1.19. The Morgan fingerprint density at radius 1 is 1.50 bits per heavy atom. The molecule has 0 saturated carbocycles. The van der Waals surface area contributed by atoms with Crippen molar-refractivity contribution in [3.8, 4) is 0 Å². The van der Waals surface area contributed by atoms with Crippen LogP contribution in [0.3, 0.4) is 0 Å².